The maximum absolute atomic E-state index is 10.4. The molecule has 2 nitrogen and oxygen atoms in total. The lowest BCUT2D eigenvalue weighted by Crippen LogP contribution is -2.45. The molecule has 1 aromatic carbocycles. The normalized spacial score (nSPS) is 36.8. The SMILES string of the molecule is CC(C)C1CCC23Cc4c(O)ccc(O)c4CC2CCCC13. The van der Waals surface area contributed by atoms with Gasteiger partial charge in [-0.25, -0.2) is 0 Å². The molecule has 0 aromatic heterocycles. The van der Waals surface area contributed by atoms with Gasteiger partial charge in [0.05, 0.1) is 0 Å². The number of hydrogen-bond donors (Lipinski definition) is 2. The summed E-state index contributed by atoms with van der Waals surface area (Å²) in [7, 11) is 0. The van der Waals surface area contributed by atoms with E-state index in [1.165, 1.54) is 32.1 Å². The molecule has 1 spiro atoms. The first-order valence-corrected chi connectivity index (χ1v) is 9.05. The van der Waals surface area contributed by atoms with Crippen LogP contribution in [0.1, 0.15) is 57.1 Å². The highest BCUT2D eigenvalue weighted by Gasteiger charge is 2.56. The minimum Gasteiger partial charge on any atom is -0.508 e. The van der Waals surface area contributed by atoms with Crippen LogP contribution in [0.2, 0.25) is 0 Å². The van der Waals surface area contributed by atoms with Gasteiger partial charge < -0.3 is 10.2 Å². The second kappa shape index (κ2) is 4.91. The molecule has 0 aliphatic heterocycles. The fourth-order valence-electron chi connectivity index (χ4n) is 6.26. The molecule has 3 aliphatic rings. The largest absolute Gasteiger partial charge is 0.508 e. The quantitative estimate of drug-likeness (QED) is 0.740. The molecule has 0 saturated heterocycles. The van der Waals surface area contributed by atoms with E-state index in [-0.39, 0.29) is 0 Å². The van der Waals surface area contributed by atoms with Crippen LogP contribution in [0, 0.1) is 29.1 Å². The molecule has 0 heterocycles. The Hall–Kier alpha value is -1.18. The van der Waals surface area contributed by atoms with Crippen LogP contribution in [0.5, 0.6) is 11.5 Å². The Morgan fingerprint density at radius 3 is 2.50 bits per heavy atom. The molecule has 2 saturated carbocycles. The highest BCUT2D eigenvalue weighted by atomic mass is 16.3. The Morgan fingerprint density at radius 1 is 1.05 bits per heavy atom. The first-order valence-electron chi connectivity index (χ1n) is 9.05. The van der Waals surface area contributed by atoms with E-state index in [9.17, 15) is 10.2 Å². The molecule has 120 valence electrons. The number of phenolic OH excluding ortho intramolecular Hbond substituents is 2. The summed E-state index contributed by atoms with van der Waals surface area (Å²) < 4.78 is 0. The van der Waals surface area contributed by atoms with E-state index < -0.39 is 0 Å². The second-order valence-corrected chi connectivity index (χ2v) is 8.36. The van der Waals surface area contributed by atoms with Crippen molar-refractivity contribution in [3.05, 3.63) is 23.3 Å². The maximum Gasteiger partial charge on any atom is 0.119 e. The van der Waals surface area contributed by atoms with E-state index in [1.807, 2.05) is 0 Å². The molecular formula is C20H28O2. The number of aromatic hydroxyl groups is 2. The van der Waals surface area contributed by atoms with Crippen LogP contribution < -0.4 is 0 Å². The minimum absolute atomic E-state index is 0.392. The molecule has 2 heteroatoms. The van der Waals surface area contributed by atoms with Crippen LogP contribution >= 0.6 is 0 Å². The van der Waals surface area contributed by atoms with Gasteiger partial charge in [-0.1, -0.05) is 20.3 Å². The summed E-state index contributed by atoms with van der Waals surface area (Å²) in [6.45, 7) is 4.76. The number of fused-ring (bicyclic) bond motifs is 1. The van der Waals surface area contributed by atoms with Crippen molar-refractivity contribution in [1.29, 1.82) is 0 Å². The number of rotatable bonds is 1. The summed E-state index contributed by atoms with van der Waals surface area (Å²) in [5.41, 5.74) is 2.47. The van der Waals surface area contributed by atoms with Gasteiger partial charge in [-0.15, -0.1) is 0 Å². The zero-order chi connectivity index (χ0) is 15.5. The zero-order valence-corrected chi connectivity index (χ0v) is 13.8. The highest BCUT2D eigenvalue weighted by molar-refractivity contribution is 5.50. The summed E-state index contributed by atoms with van der Waals surface area (Å²) in [5.74, 6) is 3.93. The Labute approximate surface area is 133 Å². The lowest BCUT2D eigenvalue weighted by Gasteiger charge is -2.51. The first-order chi connectivity index (χ1) is 10.5. The van der Waals surface area contributed by atoms with E-state index in [2.05, 4.69) is 13.8 Å². The fourth-order valence-corrected chi connectivity index (χ4v) is 6.26. The van der Waals surface area contributed by atoms with Crippen molar-refractivity contribution in [3.8, 4) is 11.5 Å². The third-order valence-electron chi connectivity index (χ3n) is 7.27. The second-order valence-electron chi connectivity index (χ2n) is 8.36. The van der Waals surface area contributed by atoms with Crippen molar-refractivity contribution in [2.75, 3.05) is 0 Å². The summed E-state index contributed by atoms with van der Waals surface area (Å²) in [5, 5.41) is 20.6. The fraction of sp³-hybridized carbons (Fsp3) is 0.700. The van der Waals surface area contributed by atoms with Gasteiger partial charge >= 0.3 is 0 Å². The van der Waals surface area contributed by atoms with Gasteiger partial charge in [0.25, 0.3) is 0 Å². The van der Waals surface area contributed by atoms with Gasteiger partial charge in [-0.3, -0.25) is 0 Å². The molecule has 3 aliphatic carbocycles. The minimum atomic E-state index is 0.392. The van der Waals surface area contributed by atoms with Gasteiger partial charge in [0.1, 0.15) is 11.5 Å². The number of hydrogen-bond acceptors (Lipinski definition) is 2. The van der Waals surface area contributed by atoms with Crippen LogP contribution in [0.3, 0.4) is 0 Å². The monoisotopic (exact) mass is 300 g/mol. The van der Waals surface area contributed by atoms with E-state index >= 15 is 0 Å². The standard InChI is InChI=1S/C20H28O2/c1-12(2)14-8-9-20-11-16-15(18(21)6-7-19(16)22)10-13(20)4-3-5-17(14)20/h6-7,12-14,17,21-22H,3-5,8-11H2,1-2H3. The van der Waals surface area contributed by atoms with Gasteiger partial charge in [0.15, 0.2) is 0 Å². The molecule has 0 bridgehead atoms. The average molecular weight is 300 g/mol. The average Bonchev–Trinajstić information content (AvgIpc) is 2.87. The Morgan fingerprint density at radius 2 is 1.77 bits per heavy atom. The van der Waals surface area contributed by atoms with Crippen molar-refractivity contribution in [2.45, 2.75) is 58.8 Å². The molecule has 4 atom stereocenters. The third kappa shape index (κ3) is 1.85. The lowest BCUT2D eigenvalue weighted by atomic mass is 9.53. The highest BCUT2D eigenvalue weighted by Crippen LogP contribution is 2.64. The van der Waals surface area contributed by atoms with Gasteiger partial charge in [-0.05, 0) is 79.7 Å². The molecule has 4 rings (SSSR count). The molecule has 1 aromatic rings. The summed E-state index contributed by atoms with van der Waals surface area (Å²) in [4.78, 5) is 0. The zero-order valence-electron chi connectivity index (χ0n) is 13.8. The van der Waals surface area contributed by atoms with Crippen LogP contribution in [0.4, 0.5) is 0 Å². The summed E-state index contributed by atoms with van der Waals surface area (Å²) in [6, 6.07) is 3.34. The van der Waals surface area contributed by atoms with E-state index in [0.29, 0.717) is 22.8 Å². The predicted octanol–water partition coefficient (Wildman–Crippen LogP) is 4.67. The Bertz CT molecular complexity index is 592. The van der Waals surface area contributed by atoms with Gasteiger partial charge in [-0.2, -0.15) is 0 Å². The van der Waals surface area contributed by atoms with Crippen molar-refractivity contribution in [2.24, 2.45) is 29.1 Å². The van der Waals surface area contributed by atoms with Crippen molar-refractivity contribution < 1.29 is 10.2 Å². The molecule has 2 fully saturated rings. The predicted molar refractivity (Wildman–Crippen MR) is 88.0 cm³/mol. The van der Waals surface area contributed by atoms with Crippen LogP contribution in [-0.4, -0.2) is 10.2 Å². The van der Waals surface area contributed by atoms with Gasteiger partial charge in [0.2, 0.25) is 0 Å². The van der Waals surface area contributed by atoms with Crippen LogP contribution in [-0.2, 0) is 12.8 Å². The summed E-state index contributed by atoms with van der Waals surface area (Å²) >= 11 is 0. The van der Waals surface area contributed by atoms with Gasteiger partial charge in [0, 0.05) is 11.1 Å². The first kappa shape index (κ1) is 14.4. The van der Waals surface area contributed by atoms with Crippen LogP contribution in [0.25, 0.3) is 0 Å². The van der Waals surface area contributed by atoms with Crippen molar-refractivity contribution >= 4 is 0 Å². The Balaban J connectivity index is 1.78. The number of benzene rings is 1. The molecule has 0 radical (unpaired) electrons. The molecular weight excluding hydrogens is 272 g/mol. The molecule has 4 unspecified atom stereocenters. The topological polar surface area (TPSA) is 40.5 Å². The van der Waals surface area contributed by atoms with Crippen molar-refractivity contribution in [1.82, 2.24) is 0 Å². The summed E-state index contributed by atoms with van der Waals surface area (Å²) in [6.07, 6.45) is 8.64. The lowest BCUT2D eigenvalue weighted by molar-refractivity contribution is 0.0147. The maximum atomic E-state index is 10.4. The van der Waals surface area contributed by atoms with Crippen molar-refractivity contribution in [3.63, 3.8) is 0 Å². The third-order valence-corrected chi connectivity index (χ3v) is 7.27. The molecule has 2 N–H and O–H groups in total. The number of phenols is 2. The molecule has 0 amide bonds. The smallest absolute Gasteiger partial charge is 0.119 e. The Kier molecular flexibility index (Phi) is 3.22. The molecule has 22 heavy (non-hydrogen) atoms. The van der Waals surface area contributed by atoms with E-state index in [0.717, 1.165) is 41.7 Å². The van der Waals surface area contributed by atoms with Crippen LogP contribution in [0.15, 0.2) is 12.1 Å². The van der Waals surface area contributed by atoms with E-state index in [4.69, 9.17) is 0 Å². The van der Waals surface area contributed by atoms with E-state index in [1.54, 1.807) is 12.1 Å².